The van der Waals surface area contributed by atoms with Crippen LogP contribution in [0.25, 0.3) is 10.9 Å². The largest absolute Gasteiger partial charge is 0.478 e. The summed E-state index contributed by atoms with van der Waals surface area (Å²) in [6.07, 6.45) is 0. The van der Waals surface area contributed by atoms with E-state index in [0.29, 0.717) is 11.3 Å². The third kappa shape index (κ3) is 1.33. The van der Waals surface area contributed by atoms with E-state index in [2.05, 4.69) is 27.6 Å². The van der Waals surface area contributed by atoms with Gasteiger partial charge in [-0.05, 0) is 40.8 Å². The molecule has 0 aliphatic carbocycles. The van der Waals surface area contributed by atoms with Crippen LogP contribution in [0.4, 0.5) is 5.82 Å². The number of carbonyl (C=O) groups is 1. The first-order chi connectivity index (χ1) is 6.59. The van der Waals surface area contributed by atoms with Crippen molar-refractivity contribution in [2.45, 2.75) is 0 Å². The molecule has 0 aliphatic rings. The molecule has 1 aromatic carbocycles. The lowest BCUT2D eigenvalue weighted by atomic mass is 10.1. The molecule has 0 saturated carbocycles. The highest BCUT2D eigenvalue weighted by atomic mass is 127. The molecule has 2 rings (SSSR count). The molecule has 4 nitrogen and oxygen atoms in total. The zero-order valence-electron chi connectivity index (χ0n) is 7.04. The standard InChI is InChI=1S/C9H7IN2O2/c10-6-2-1-4(9(13)14)8-5(6)3-7(11)12-8/h1-3,12H,11H2,(H,13,14). The fourth-order valence-corrected chi connectivity index (χ4v) is 1.99. The first-order valence-corrected chi connectivity index (χ1v) is 4.97. The van der Waals surface area contributed by atoms with E-state index in [1.165, 1.54) is 0 Å². The number of benzene rings is 1. The number of nitrogen functional groups attached to an aromatic ring is 1. The molecule has 0 spiro atoms. The van der Waals surface area contributed by atoms with Gasteiger partial charge in [0.2, 0.25) is 0 Å². The summed E-state index contributed by atoms with van der Waals surface area (Å²) in [5, 5.41) is 9.77. The molecule has 0 aliphatic heterocycles. The van der Waals surface area contributed by atoms with Crippen LogP contribution in [0, 0.1) is 3.57 Å². The van der Waals surface area contributed by atoms with Gasteiger partial charge in [-0.2, -0.15) is 0 Å². The average molecular weight is 302 g/mol. The topological polar surface area (TPSA) is 79.1 Å². The summed E-state index contributed by atoms with van der Waals surface area (Å²) in [5.74, 6) is -0.472. The zero-order valence-corrected chi connectivity index (χ0v) is 9.20. The van der Waals surface area contributed by atoms with Crippen LogP contribution in [0.3, 0.4) is 0 Å². The van der Waals surface area contributed by atoms with E-state index in [4.69, 9.17) is 10.8 Å². The van der Waals surface area contributed by atoms with Gasteiger partial charge in [-0.15, -0.1) is 0 Å². The lowest BCUT2D eigenvalue weighted by Gasteiger charge is -1.98. The minimum atomic E-state index is -0.951. The van der Waals surface area contributed by atoms with Gasteiger partial charge in [-0.25, -0.2) is 4.79 Å². The second-order valence-electron chi connectivity index (χ2n) is 2.91. The number of aromatic carboxylic acids is 1. The lowest BCUT2D eigenvalue weighted by molar-refractivity contribution is 0.0699. The molecular weight excluding hydrogens is 295 g/mol. The van der Waals surface area contributed by atoms with Gasteiger partial charge in [-0.3, -0.25) is 0 Å². The smallest absolute Gasteiger partial charge is 0.337 e. The maximum absolute atomic E-state index is 10.9. The van der Waals surface area contributed by atoms with E-state index in [1.807, 2.05) is 0 Å². The molecule has 72 valence electrons. The van der Waals surface area contributed by atoms with E-state index < -0.39 is 5.97 Å². The monoisotopic (exact) mass is 302 g/mol. The second-order valence-corrected chi connectivity index (χ2v) is 4.08. The maximum Gasteiger partial charge on any atom is 0.337 e. The van der Waals surface area contributed by atoms with Crippen LogP contribution in [0.2, 0.25) is 0 Å². The van der Waals surface area contributed by atoms with Gasteiger partial charge in [0.05, 0.1) is 11.1 Å². The van der Waals surface area contributed by atoms with Crippen molar-refractivity contribution in [2.24, 2.45) is 0 Å². The number of rotatable bonds is 1. The predicted octanol–water partition coefficient (Wildman–Crippen LogP) is 2.05. The van der Waals surface area contributed by atoms with Crippen LogP contribution in [0.1, 0.15) is 10.4 Å². The number of nitrogens with two attached hydrogens (primary N) is 1. The molecule has 5 heteroatoms. The first-order valence-electron chi connectivity index (χ1n) is 3.89. The van der Waals surface area contributed by atoms with Crippen molar-refractivity contribution < 1.29 is 9.90 Å². The van der Waals surface area contributed by atoms with Gasteiger partial charge < -0.3 is 15.8 Å². The number of nitrogens with one attached hydrogen (secondary N) is 1. The molecule has 2 aromatic rings. The highest BCUT2D eigenvalue weighted by molar-refractivity contribution is 14.1. The summed E-state index contributed by atoms with van der Waals surface area (Å²) in [5.41, 5.74) is 6.41. The third-order valence-corrected chi connectivity index (χ3v) is 2.93. The van der Waals surface area contributed by atoms with Crippen molar-refractivity contribution in [2.75, 3.05) is 5.73 Å². The van der Waals surface area contributed by atoms with Crippen LogP contribution in [0.5, 0.6) is 0 Å². The Labute approximate surface area is 93.2 Å². The van der Waals surface area contributed by atoms with Crippen molar-refractivity contribution in [3.63, 3.8) is 0 Å². The number of halogens is 1. The Morgan fingerprint density at radius 2 is 2.21 bits per heavy atom. The normalized spacial score (nSPS) is 10.6. The van der Waals surface area contributed by atoms with Crippen LogP contribution in [-0.4, -0.2) is 16.1 Å². The summed E-state index contributed by atoms with van der Waals surface area (Å²) in [6, 6.07) is 5.07. The van der Waals surface area contributed by atoms with Crippen molar-refractivity contribution in [3.8, 4) is 0 Å². The van der Waals surface area contributed by atoms with Gasteiger partial charge in [0.1, 0.15) is 5.82 Å². The summed E-state index contributed by atoms with van der Waals surface area (Å²) in [7, 11) is 0. The number of aromatic amines is 1. The minimum Gasteiger partial charge on any atom is -0.478 e. The maximum atomic E-state index is 10.9. The number of anilines is 1. The predicted molar refractivity (Wildman–Crippen MR) is 62.4 cm³/mol. The van der Waals surface area contributed by atoms with Crippen molar-refractivity contribution in [3.05, 3.63) is 27.3 Å². The quantitative estimate of drug-likeness (QED) is 0.705. The van der Waals surface area contributed by atoms with E-state index in [0.717, 1.165) is 8.96 Å². The Hall–Kier alpha value is -1.24. The number of carboxylic acids is 1. The Bertz CT molecular complexity index is 519. The molecule has 0 amide bonds. The molecule has 0 atom stereocenters. The molecule has 0 unspecified atom stereocenters. The van der Waals surface area contributed by atoms with E-state index >= 15 is 0 Å². The number of H-pyrrole nitrogens is 1. The third-order valence-electron chi connectivity index (χ3n) is 1.99. The molecule has 14 heavy (non-hydrogen) atoms. The molecule has 4 N–H and O–H groups in total. The van der Waals surface area contributed by atoms with E-state index in [1.54, 1.807) is 18.2 Å². The highest BCUT2D eigenvalue weighted by Gasteiger charge is 2.12. The Kier molecular flexibility index (Phi) is 2.10. The average Bonchev–Trinajstić information content (AvgIpc) is 2.47. The van der Waals surface area contributed by atoms with Crippen LogP contribution in [-0.2, 0) is 0 Å². The lowest BCUT2D eigenvalue weighted by Crippen LogP contribution is -1.97. The number of carboxylic acid groups (broad SMARTS) is 1. The Balaban J connectivity index is 2.87. The summed E-state index contributed by atoms with van der Waals surface area (Å²) >= 11 is 2.14. The van der Waals surface area contributed by atoms with Gasteiger partial charge in [0.15, 0.2) is 0 Å². The molecule has 0 saturated heterocycles. The minimum absolute atomic E-state index is 0.247. The van der Waals surface area contributed by atoms with Crippen LogP contribution >= 0.6 is 22.6 Å². The Morgan fingerprint density at radius 3 is 2.86 bits per heavy atom. The molecule has 0 radical (unpaired) electrons. The zero-order chi connectivity index (χ0) is 10.3. The highest BCUT2D eigenvalue weighted by Crippen LogP contribution is 2.25. The van der Waals surface area contributed by atoms with Crippen LogP contribution in [0.15, 0.2) is 18.2 Å². The Morgan fingerprint density at radius 1 is 1.50 bits per heavy atom. The molecule has 1 heterocycles. The second kappa shape index (κ2) is 3.16. The van der Waals surface area contributed by atoms with E-state index in [9.17, 15) is 4.79 Å². The molecule has 1 aromatic heterocycles. The van der Waals surface area contributed by atoms with Crippen molar-refractivity contribution in [1.82, 2.24) is 4.98 Å². The van der Waals surface area contributed by atoms with E-state index in [-0.39, 0.29) is 5.56 Å². The SMILES string of the molecule is Nc1cc2c(I)ccc(C(=O)O)c2[nH]1. The molecular formula is C9H7IN2O2. The van der Waals surface area contributed by atoms with Crippen molar-refractivity contribution >= 4 is 45.3 Å². The first kappa shape index (κ1) is 9.32. The van der Waals surface area contributed by atoms with Crippen molar-refractivity contribution in [1.29, 1.82) is 0 Å². The number of fused-ring (bicyclic) bond motifs is 1. The molecule has 0 fully saturated rings. The van der Waals surface area contributed by atoms with Gasteiger partial charge >= 0.3 is 5.97 Å². The summed E-state index contributed by atoms with van der Waals surface area (Å²) in [6.45, 7) is 0. The van der Waals surface area contributed by atoms with Gasteiger partial charge in [0, 0.05) is 8.96 Å². The number of hydrogen-bond acceptors (Lipinski definition) is 2. The fourth-order valence-electron chi connectivity index (χ4n) is 1.38. The fraction of sp³-hybridized carbons (Fsp3) is 0. The number of aromatic nitrogens is 1. The molecule has 0 bridgehead atoms. The van der Waals surface area contributed by atoms with Gasteiger partial charge in [-0.1, -0.05) is 0 Å². The van der Waals surface area contributed by atoms with Gasteiger partial charge in [0.25, 0.3) is 0 Å². The summed E-state index contributed by atoms with van der Waals surface area (Å²) < 4.78 is 0.982. The van der Waals surface area contributed by atoms with Crippen LogP contribution < -0.4 is 5.73 Å². The number of hydrogen-bond donors (Lipinski definition) is 3. The summed E-state index contributed by atoms with van der Waals surface area (Å²) in [4.78, 5) is 13.7.